The van der Waals surface area contributed by atoms with E-state index in [2.05, 4.69) is 12.1 Å². The summed E-state index contributed by atoms with van der Waals surface area (Å²) in [5.74, 6) is 1.71. The van der Waals surface area contributed by atoms with Crippen molar-refractivity contribution in [1.82, 2.24) is 0 Å². The first-order valence-corrected chi connectivity index (χ1v) is 7.62. The summed E-state index contributed by atoms with van der Waals surface area (Å²) in [6, 6.07) is 16.0. The minimum absolute atomic E-state index is 0.432. The molecule has 0 aromatic heterocycles. The van der Waals surface area contributed by atoms with Crippen LogP contribution in [0.1, 0.15) is 11.1 Å². The summed E-state index contributed by atoms with van der Waals surface area (Å²) in [4.78, 5) is 0. The molecule has 0 aliphatic rings. The van der Waals surface area contributed by atoms with E-state index in [0.717, 1.165) is 35.5 Å². The lowest BCUT2D eigenvalue weighted by Crippen LogP contribution is -2.20. The number of ether oxygens (including phenoxy) is 2. The normalized spacial score (nSPS) is 11.2. The second-order valence-electron chi connectivity index (χ2n) is 5.04. The monoisotopic (exact) mass is 320 g/mol. The molecule has 112 valence electrons. The minimum atomic E-state index is -0.432. The molecule has 0 saturated carbocycles. The van der Waals surface area contributed by atoms with E-state index in [0.29, 0.717) is 0 Å². The highest BCUT2D eigenvalue weighted by Gasteiger charge is 2.22. The van der Waals surface area contributed by atoms with Crippen LogP contribution in [0.2, 0.25) is 0 Å². The summed E-state index contributed by atoms with van der Waals surface area (Å²) in [6.45, 7) is 0. The quantitative estimate of drug-likeness (QED) is 0.618. The van der Waals surface area contributed by atoms with Crippen LogP contribution in [0.25, 0.3) is 0 Å². The minimum Gasteiger partial charge on any atom is -0.497 e. The van der Waals surface area contributed by atoms with Crippen LogP contribution < -0.4 is 9.47 Å². The van der Waals surface area contributed by atoms with Gasteiger partial charge in [-0.2, -0.15) is 25.3 Å². The first-order valence-electron chi connectivity index (χ1n) is 6.73. The Labute approximate surface area is 137 Å². The zero-order valence-corrected chi connectivity index (χ0v) is 14.0. The molecule has 2 rings (SSSR count). The molecule has 0 spiro atoms. The second-order valence-corrected chi connectivity index (χ2v) is 7.10. The summed E-state index contributed by atoms with van der Waals surface area (Å²) >= 11 is 9.44. The van der Waals surface area contributed by atoms with Gasteiger partial charge in [0, 0.05) is 0 Å². The van der Waals surface area contributed by atoms with E-state index in [1.165, 1.54) is 0 Å². The van der Waals surface area contributed by atoms with Gasteiger partial charge in [-0.25, -0.2) is 0 Å². The molecule has 0 fully saturated rings. The number of benzene rings is 2. The van der Waals surface area contributed by atoms with Gasteiger partial charge in [-0.05, 0) is 48.2 Å². The smallest absolute Gasteiger partial charge is 0.119 e. The maximum Gasteiger partial charge on any atom is 0.119 e. The molecule has 0 amide bonds. The number of thiol groups is 2. The highest BCUT2D eigenvalue weighted by Crippen LogP contribution is 2.31. The Morgan fingerprint density at radius 2 is 1.24 bits per heavy atom. The van der Waals surface area contributed by atoms with Crippen molar-refractivity contribution in [3.05, 3.63) is 59.7 Å². The van der Waals surface area contributed by atoms with Crippen LogP contribution in [0.15, 0.2) is 48.5 Å². The van der Waals surface area contributed by atoms with Gasteiger partial charge in [-0.15, -0.1) is 0 Å². The van der Waals surface area contributed by atoms with Crippen LogP contribution in [0.4, 0.5) is 0 Å². The zero-order valence-electron chi connectivity index (χ0n) is 12.2. The van der Waals surface area contributed by atoms with Gasteiger partial charge in [-0.3, -0.25) is 0 Å². The van der Waals surface area contributed by atoms with Gasteiger partial charge in [0.2, 0.25) is 0 Å². The molecule has 0 radical (unpaired) electrons. The molecule has 0 aliphatic heterocycles. The maximum absolute atomic E-state index is 5.25. The van der Waals surface area contributed by atoms with Crippen molar-refractivity contribution < 1.29 is 9.47 Å². The number of rotatable bonds is 6. The molecule has 4 heteroatoms. The van der Waals surface area contributed by atoms with E-state index < -0.39 is 4.08 Å². The van der Waals surface area contributed by atoms with Gasteiger partial charge in [0.05, 0.1) is 18.3 Å². The Kier molecular flexibility index (Phi) is 5.48. The van der Waals surface area contributed by atoms with Gasteiger partial charge in [0.15, 0.2) is 0 Å². The predicted octanol–water partition coefficient (Wildman–Crippen LogP) is 4.04. The predicted molar refractivity (Wildman–Crippen MR) is 94.1 cm³/mol. The molecule has 0 heterocycles. The number of hydrogen-bond acceptors (Lipinski definition) is 4. The molecule has 2 aromatic carbocycles. The lowest BCUT2D eigenvalue weighted by Gasteiger charge is -2.23. The largest absolute Gasteiger partial charge is 0.497 e. The van der Waals surface area contributed by atoms with E-state index >= 15 is 0 Å². The number of methoxy groups -OCH3 is 2. The van der Waals surface area contributed by atoms with E-state index in [1.807, 2.05) is 36.4 Å². The van der Waals surface area contributed by atoms with Crippen LogP contribution in [0.5, 0.6) is 11.5 Å². The third-order valence-electron chi connectivity index (χ3n) is 3.24. The lowest BCUT2D eigenvalue weighted by molar-refractivity contribution is 0.414. The van der Waals surface area contributed by atoms with Crippen molar-refractivity contribution in [3.63, 3.8) is 0 Å². The Balaban J connectivity index is 2.10. The van der Waals surface area contributed by atoms with E-state index in [4.69, 9.17) is 34.7 Å². The highest BCUT2D eigenvalue weighted by molar-refractivity contribution is 8.00. The first kappa shape index (κ1) is 16.1. The molecular formula is C17H20O2S2. The van der Waals surface area contributed by atoms with Crippen LogP contribution in [0.3, 0.4) is 0 Å². The molecule has 0 saturated heterocycles. The van der Waals surface area contributed by atoms with Crippen LogP contribution in [-0.2, 0) is 12.8 Å². The van der Waals surface area contributed by atoms with Crippen LogP contribution >= 0.6 is 25.3 Å². The average Bonchev–Trinajstić information content (AvgIpc) is 2.46. The van der Waals surface area contributed by atoms with Crippen LogP contribution in [-0.4, -0.2) is 18.3 Å². The molecule has 2 aromatic rings. The fourth-order valence-electron chi connectivity index (χ4n) is 2.28. The van der Waals surface area contributed by atoms with E-state index in [9.17, 15) is 0 Å². The molecule has 0 N–H and O–H groups in total. The number of hydrogen-bond donors (Lipinski definition) is 2. The lowest BCUT2D eigenvalue weighted by atomic mass is 10.0. The Hall–Kier alpha value is -1.26. The SMILES string of the molecule is COc1cccc(CC(S)(S)Cc2cccc(OC)c2)c1. The molecule has 0 aliphatic carbocycles. The molecule has 0 bridgehead atoms. The Morgan fingerprint density at radius 3 is 1.62 bits per heavy atom. The molecular weight excluding hydrogens is 300 g/mol. The van der Waals surface area contributed by atoms with Crippen molar-refractivity contribution in [1.29, 1.82) is 0 Å². The fourth-order valence-corrected chi connectivity index (χ4v) is 3.01. The third-order valence-corrected chi connectivity index (χ3v) is 3.88. The molecule has 0 atom stereocenters. The zero-order chi connectivity index (χ0) is 15.3. The second kappa shape index (κ2) is 7.14. The van der Waals surface area contributed by atoms with Crippen molar-refractivity contribution in [2.24, 2.45) is 0 Å². The van der Waals surface area contributed by atoms with Gasteiger partial charge in [0.25, 0.3) is 0 Å². The standard InChI is InChI=1S/C17H20O2S2/c1-18-15-7-3-5-13(9-15)11-17(20,21)12-14-6-4-8-16(10-14)19-2/h3-10,20-21H,11-12H2,1-2H3. The summed E-state index contributed by atoms with van der Waals surface area (Å²) in [7, 11) is 3.34. The van der Waals surface area contributed by atoms with Gasteiger partial charge < -0.3 is 9.47 Å². The summed E-state index contributed by atoms with van der Waals surface area (Å²) in [6.07, 6.45) is 1.49. The van der Waals surface area contributed by atoms with Gasteiger partial charge in [-0.1, -0.05) is 24.3 Å². The Bertz CT molecular complexity index is 545. The molecule has 21 heavy (non-hydrogen) atoms. The average molecular weight is 320 g/mol. The van der Waals surface area contributed by atoms with Crippen molar-refractivity contribution >= 4 is 25.3 Å². The first-order chi connectivity index (χ1) is 10.0. The molecule has 2 nitrogen and oxygen atoms in total. The van der Waals surface area contributed by atoms with E-state index in [-0.39, 0.29) is 0 Å². The van der Waals surface area contributed by atoms with Gasteiger partial charge >= 0.3 is 0 Å². The highest BCUT2D eigenvalue weighted by atomic mass is 32.2. The van der Waals surface area contributed by atoms with Gasteiger partial charge in [0.1, 0.15) is 11.5 Å². The van der Waals surface area contributed by atoms with Crippen molar-refractivity contribution in [3.8, 4) is 11.5 Å². The third kappa shape index (κ3) is 4.90. The fraction of sp³-hybridized carbons (Fsp3) is 0.294. The van der Waals surface area contributed by atoms with Crippen molar-refractivity contribution in [2.45, 2.75) is 16.9 Å². The van der Waals surface area contributed by atoms with Crippen molar-refractivity contribution in [2.75, 3.05) is 14.2 Å². The summed E-state index contributed by atoms with van der Waals surface area (Å²) < 4.78 is 10.1. The Morgan fingerprint density at radius 1 is 0.810 bits per heavy atom. The summed E-state index contributed by atoms with van der Waals surface area (Å²) in [5, 5.41) is 0. The molecule has 0 unspecified atom stereocenters. The summed E-state index contributed by atoms with van der Waals surface area (Å²) in [5.41, 5.74) is 2.31. The van der Waals surface area contributed by atoms with Crippen LogP contribution in [0, 0.1) is 0 Å². The topological polar surface area (TPSA) is 18.5 Å². The van der Waals surface area contributed by atoms with E-state index in [1.54, 1.807) is 14.2 Å². The maximum atomic E-state index is 5.25.